The fraction of sp³-hybridized carbons (Fsp3) is 0.917. The molecule has 0 aromatic heterocycles. The average Bonchev–Trinajstić information content (AvgIpc) is 2.44. The number of aliphatic hydroxyl groups excluding tert-OH is 1. The van der Waals surface area contributed by atoms with Crippen molar-refractivity contribution in [2.45, 2.75) is 70.2 Å². The van der Waals surface area contributed by atoms with Crippen LogP contribution in [0.4, 0.5) is 0 Å². The summed E-state index contributed by atoms with van der Waals surface area (Å²) in [5.41, 5.74) is -0.646. The molecule has 86 valence electrons. The Kier molecular flexibility index (Phi) is 4.56. The number of rotatable bonds is 3. The van der Waals surface area contributed by atoms with Gasteiger partial charge in [0.1, 0.15) is 0 Å². The van der Waals surface area contributed by atoms with Crippen molar-refractivity contribution in [3.05, 3.63) is 0 Å². The molecule has 0 saturated heterocycles. The van der Waals surface area contributed by atoms with Gasteiger partial charge in [-0.25, -0.2) is 0 Å². The van der Waals surface area contributed by atoms with E-state index in [0.717, 1.165) is 25.7 Å². The molecule has 1 rings (SSSR count). The molecule has 0 aromatic carbocycles. The summed E-state index contributed by atoms with van der Waals surface area (Å²) in [6.07, 6.45) is 5.33. The van der Waals surface area contributed by atoms with Crippen LogP contribution in [0.1, 0.15) is 52.4 Å². The van der Waals surface area contributed by atoms with Crippen LogP contribution >= 0.6 is 0 Å². The van der Waals surface area contributed by atoms with Crippen LogP contribution in [0.5, 0.6) is 0 Å². The number of aliphatic hydroxyl groups is 1. The Morgan fingerprint density at radius 1 is 1.20 bits per heavy atom. The highest BCUT2D eigenvalue weighted by Gasteiger charge is 2.34. The first-order valence-electron chi connectivity index (χ1n) is 5.87. The maximum Gasteiger partial charge on any atom is 0.154 e. The average molecular weight is 211 g/mol. The van der Waals surface area contributed by atoms with Gasteiger partial charge in [-0.15, -0.1) is 0 Å². The molecule has 3 nitrogen and oxygen atoms in total. The van der Waals surface area contributed by atoms with Crippen molar-refractivity contribution in [3.63, 3.8) is 0 Å². The standard InChI is InChI=1S/C12H21NO2/c1-10(14)11(2)15-12(9-13)7-5-3-4-6-8-12/h10-11,14H,3-8H2,1-2H3. The lowest BCUT2D eigenvalue weighted by molar-refractivity contribution is -0.101. The van der Waals surface area contributed by atoms with Crippen LogP contribution in [-0.4, -0.2) is 22.9 Å². The molecule has 1 aliphatic carbocycles. The summed E-state index contributed by atoms with van der Waals surface area (Å²) in [5.74, 6) is 0. The first-order valence-corrected chi connectivity index (χ1v) is 5.87. The SMILES string of the molecule is CC(O)C(C)OC1(C#N)CCCCCC1. The van der Waals surface area contributed by atoms with E-state index in [2.05, 4.69) is 6.07 Å². The minimum atomic E-state index is -0.646. The van der Waals surface area contributed by atoms with E-state index >= 15 is 0 Å². The first-order chi connectivity index (χ1) is 7.09. The fourth-order valence-corrected chi connectivity index (χ4v) is 2.01. The molecule has 15 heavy (non-hydrogen) atoms. The summed E-state index contributed by atoms with van der Waals surface area (Å²) in [5, 5.41) is 18.6. The smallest absolute Gasteiger partial charge is 0.154 e. The van der Waals surface area contributed by atoms with Gasteiger partial charge in [0, 0.05) is 0 Å². The lowest BCUT2D eigenvalue weighted by Gasteiger charge is -2.30. The first kappa shape index (κ1) is 12.5. The van der Waals surface area contributed by atoms with Crippen molar-refractivity contribution in [1.82, 2.24) is 0 Å². The second kappa shape index (κ2) is 5.48. The Hall–Kier alpha value is -0.590. The zero-order valence-corrected chi connectivity index (χ0v) is 9.70. The van der Waals surface area contributed by atoms with Gasteiger partial charge in [-0.1, -0.05) is 12.8 Å². The predicted molar refractivity (Wildman–Crippen MR) is 58.3 cm³/mol. The van der Waals surface area contributed by atoms with E-state index in [0.29, 0.717) is 0 Å². The third-order valence-corrected chi connectivity index (χ3v) is 3.21. The second-order valence-corrected chi connectivity index (χ2v) is 4.58. The van der Waals surface area contributed by atoms with Crippen molar-refractivity contribution >= 4 is 0 Å². The quantitative estimate of drug-likeness (QED) is 0.729. The summed E-state index contributed by atoms with van der Waals surface area (Å²) >= 11 is 0. The minimum absolute atomic E-state index is 0.261. The van der Waals surface area contributed by atoms with Gasteiger partial charge in [0.25, 0.3) is 0 Å². The summed E-state index contributed by atoms with van der Waals surface area (Å²) in [6.45, 7) is 3.53. The van der Waals surface area contributed by atoms with Gasteiger partial charge in [0.15, 0.2) is 5.60 Å². The Bertz CT molecular complexity index is 224. The van der Waals surface area contributed by atoms with Crippen LogP contribution in [0.2, 0.25) is 0 Å². The Morgan fingerprint density at radius 3 is 2.13 bits per heavy atom. The molecule has 0 bridgehead atoms. The van der Waals surface area contributed by atoms with Gasteiger partial charge in [0.2, 0.25) is 0 Å². The van der Waals surface area contributed by atoms with Crippen molar-refractivity contribution in [1.29, 1.82) is 5.26 Å². The van der Waals surface area contributed by atoms with Crippen LogP contribution in [0.15, 0.2) is 0 Å². The number of hydrogen-bond donors (Lipinski definition) is 1. The third-order valence-electron chi connectivity index (χ3n) is 3.21. The van der Waals surface area contributed by atoms with E-state index in [-0.39, 0.29) is 6.10 Å². The molecule has 3 heteroatoms. The van der Waals surface area contributed by atoms with Crippen molar-refractivity contribution < 1.29 is 9.84 Å². The molecule has 2 atom stereocenters. The third kappa shape index (κ3) is 3.48. The Labute approximate surface area is 92.0 Å². The lowest BCUT2D eigenvalue weighted by Crippen LogP contribution is -2.38. The van der Waals surface area contributed by atoms with Gasteiger partial charge in [0.05, 0.1) is 18.3 Å². The molecule has 1 N–H and O–H groups in total. The Morgan fingerprint density at radius 2 is 1.73 bits per heavy atom. The van der Waals surface area contributed by atoms with Gasteiger partial charge < -0.3 is 9.84 Å². The van der Waals surface area contributed by atoms with E-state index in [1.807, 2.05) is 6.92 Å². The molecule has 0 aliphatic heterocycles. The van der Waals surface area contributed by atoms with E-state index in [9.17, 15) is 10.4 Å². The highest BCUT2D eigenvalue weighted by molar-refractivity contribution is 5.03. The minimum Gasteiger partial charge on any atom is -0.391 e. The maximum atomic E-state index is 9.40. The summed E-state index contributed by atoms with van der Waals surface area (Å²) in [6, 6.07) is 2.31. The number of hydrogen-bond acceptors (Lipinski definition) is 3. The topological polar surface area (TPSA) is 53.2 Å². The molecule has 2 unspecified atom stereocenters. The summed E-state index contributed by atoms with van der Waals surface area (Å²) < 4.78 is 5.76. The normalized spacial score (nSPS) is 24.9. The molecule has 0 radical (unpaired) electrons. The monoisotopic (exact) mass is 211 g/mol. The molecule has 0 heterocycles. The van der Waals surface area contributed by atoms with Crippen LogP contribution in [0.3, 0.4) is 0 Å². The zero-order chi connectivity index (χ0) is 11.3. The van der Waals surface area contributed by atoms with Gasteiger partial charge in [-0.2, -0.15) is 5.26 Å². The molecule has 0 spiro atoms. The molecule has 1 aliphatic rings. The lowest BCUT2D eigenvalue weighted by atomic mass is 9.95. The molecular weight excluding hydrogens is 190 g/mol. The van der Waals surface area contributed by atoms with E-state index in [1.54, 1.807) is 6.92 Å². The number of ether oxygens (including phenoxy) is 1. The summed E-state index contributed by atoms with van der Waals surface area (Å²) in [4.78, 5) is 0. The van der Waals surface area contributed by atoms with Crippen molar-refractivity contribution in [3.8, 4) is 6.07 Å². The van der Waals surface area contributed by atoms with E-state index < -0.39 is 11.7 Å². The number of nitrogens with zero attached hydrogens (tertiary/aromatic N) is 1. The fourth-order valence-electron chi connectivity index (χ4n) is 2.01. The second-order valence-electron chi connectivity index (χ2n) is 4.58. The molecule has 0 aromatic rings. The van der Waals surface area contributed by atoms with Crippen molar-refractivity contribution in [2.24, 2.45) is 0 Å². The van der Waals surface area contributed by atoms with Gasteiger partial charge >= 0.3 is 0 Å². The highest BCUT2D eigenvalue weighted by atomic mass is 16.5. The van der Waals surface area contributed by atoms with Gasteiger partial charge in [-0.3, -0.25) is 0 Å². The van der Waals surface area contributed by atoms with Crippen LogP contribution in [-0.2, 0) is 4.74 Å². The summed E-state index contributed by atoms with van der Waals surface area (Å²) in [7, 11) is 0. The van der Waals surface area contributed by atoms with Crippen LogP contribution in [0.25, 0.3) is 0 Å². The highest BCUT2D eigenvalue weighted by Crippen LogP contribution is 2.31. The zero-order valence-electron chi connectivity index (χ0n) is 9.70. The molecule has 0 amide bonds. The van der Waals surface area contributed by atoms with Gasteiger partial charge in [-0.05, 0) is 39.5 Å². The van der Waals surface area contributed by atoms with Crippen LogP contribution < -0.4 is 0 Å². The van der Waals surface area contributed by atoms with E-state index in [1.165, 1.54) is 12.8 Å². The predicted octanol–water partition coefficient (Wildman–Crippen LogP) is 2.39. The number of nitriles is 1. The Balaban J connectivity index is 2.62. The van der Waals surface area contributed by atoms with Crippen molar-refractivity contribution in [2.75, 3.05) is 0 Å². The van der Waals surface area contributed by atoms with Crippen LogP contribution in [0, 0.1) is 11.3 Å². The maximum absolute atomic E-state index is 9.40. The molecular formula is C12H21NO2. The van der Waals surface area contributed by atoms with E-state index in [4.69, 9.17) is 4.74 Å². The molecule has 1 fully saturated rings. The largest absolute Gasteiger partial charge is 0.391 e. The molecule has 1 saturated carbocycles.